The Balaban J connectivity index is 1.81. The summed E-state index contributed by atoms with van der Waals surface area (Å²) in [4.78, 5) is 12.6. The first-order chi connectivity index (χ1) is 8.72. The van der Waals surface area contributed by atoms with Crippen LogP contribution in [0.25, 0.3) is 0 Å². The van der Waals surface area contributed by atoms with Gasteiger partial charge in [-0.1, -0.05) is 6.07 Å². The van der Waals surface area contributed by atoms with Gasteiger partial charge in [-0.25, -0.2) is 0 Å². The summed E-state index contributed by atoms with van der Waals surface area (Å²) in [6.45, 7) is 0. The van der Waals surface area contributed by atoms with Crippen molar-refractivity contribution in [1.29, 1.82) is 0 Å². The van der Waals surface area contributed by atoms with Crippen molar-refractivity contribution in [2.45, 2.75) is 42.6 Å². The molecule has 2 N–H and O–H groups in total. The molecule has 18 heavy (non-hydrogen) atoms. The Morgan fingerprint density at radius 1 is 1.22 bits per heavy atom. The molecule has 1 fully saturated rings. The second-order valence-corrected chi connectivity index (χ2v) is 6.12. The highest BCUT2D eigenvalue weighted by Crippen LogP contribution is 2.38. The molecule has 1 aliphatic heterocycles. The molecule has 0 unspecified atom stereocenters. The molecule has 0 spiro atoms. The van der Waals surface area contributed by atoms with Crippen molar-refractivity contribution in [2.75, 3.05) is 11.1 Å². The number of thioether (sulfide) groups is 1. The highest BCUT2D eigenvalue weighted by atomic mass is 32.2. The normalized spacial score (nSPS) is 27.5. The standard InChI is InChI=1S/C14H17NO2S/c16-11-4-1-9(2-5-11)10-3-6-13-12(7-10)15-14(17)8-18-13/h3,6-7,9,11,16H,1-2,4-5,8H2,(H,15,17). The largest absolute Gasteiger partial charge is 0.393 e. The van der Waals surface area contributed by atoms with E-state index in [2.05, 4.69) is 23.5 Å². The minimum atomic E-state index is -0.117. The van der Waals surface area contributed by atoms with Crippen LogP contribution in [0.15, 0.2) is 23.1 Å². The van der Waals surface area contributed by atoms with E-state index in [9.17, 15) is 9.90 Å². The van der Waals surface area contributed by atoms with Gasteiger partial charge in [-0.15, -0.1) is 11.8 Å². The topological polar surface area (TPSA) is 49.3 Å². The number of carbonyl (C=O) groups excluding carboxylic acids is 1. The SMILES string of the molecule is O=C1CSc2ccc(C3CCC(O)CC3)cc2N1. The van der Waals surface area contributed by atoms with Gasteiger partial charge in [0.1, 0.15) is 0 Å². The molecule has 4 heteroatoms. The third kappa shape index (κ3) is 2.40. The highest BCUT2D eigenvalue weighted by molar-refractivity contribution is 8.00. The molecule has 0 bridgehead atoms. The predicted octanol–water partition coefficient (Wildman–Crippen LogP) is 2.75. The van der Waals surface area contributed by atoms with Crippen LogP contribution in [0.5, 0.6) is 0 Å². The zero-order valence-corrected chi connectivity index (χ0v) is 11.0. The van der Waals surface area contributed by atoms with Gasteiger partial charge in [-0.2, -0.15) is 0 Å². The molecule has 1 saturated carbocycles. The van der Waals surface area contributed by atoms with Crippen LogP contribution in [0, 0.1) is 0 Å². The van der Waals surface area contributed by atoms with Crippen LogP contribution in [0.4, 0.5) is 5.69 Å². The molecule has 1 aliphatic carbocycles. The first-order valence-electron chi connectivity index (χ1n) is 6.47. The molecule has 0 radical (unpaired) electrons. The molecular formula is C14H17NO2S. The predicted molar refractivity (Wildman–Crippen MR) is 73.0 cm³/mol. The number of anilines is 1. The zero-order chi connectivity index (χ0) is 12.5. The quantitative estimate of drug-likeness (QED) is 0.819. The average Bonchev–Trinajstić information content (AvgIpc) is 2.38. The van der Waals surface area contributed by atoms with Gasteiger partial charge in [0, 0.05) is 4.90 Å². The van der Waals surface area contributed by atoms with E-state index in [0.29, 0.717) is 11.7 Å². The molecule has 1 amide bonds. The van der Waals surface area contributed by atoms with Crippen LogP contribution < -0.4 is 5.32 Å². The van der Waals surface area contributed by atoms with E-state index in [1.165, 1.54) is 5.56 Å². The number of amides is 1. The van der Waals surface area contributed by atoms with Crippen molar-refractivity contribution >= 4 is 23.4 Å². The molecule has 0 atom stereocenters. The second-order valence-electron chi connectivity index (χ2n) is 5.10. The maximum atomic E-state index is 11.4. The van der Waals surface area contributed by atoms with E-state index in [0.717, 1.165) is 36.3 Å². The number of aliphatic hydroxyl groups excluding tert-OH is 1. The summed E-state index contributed by atoms with van der Waals surface area (Å²) in [5.74, 6) is 1.13. The van der Waals surface area contributed by atoms with Crippen LogP contribution in [0.1, 0.15) is 37.2 Å². The van der Waals surface area contributed by atoms with Crippen molar-refractivity contribution in [2.24, 2.45) is 0 Å². The fourth-order valence-electron chi connectivity index (χ4n) is 2.76. The summed E-state index contributed by atoms with van der Waals surface area (Å²) in [7, 11) is 0. The smallest absolute Gasteiger partial charge is 0.234 e. The van der Waals surface area contributed by atoms with Crippen molar-refractivity contribution in [3.63, 3.8) is 0 Å². The van der Waals surface area contributed by atoms with Crippen molar-refractivity contribution in [3.8, 4) is 0 Å². The first-order valence-corrected chi connectivity index (χ1v) is 7.45. The number of fused-ring (bicyclic) bond motifs is 1. The molecule has 3 nitrogen and oxygen atoms in total. The minimum Gasteiger partial charge on any atom is -0.393 e. The van der Waals surface area contributed by atoms with Gasteiger partial charge in [0.25, 0.3) is 0 Å². The Bertz CT molecular complexity index is 467. The van der Waals surface area contributed by atoms with Crippen LogP contribution in [-0.2, 0) is 4.79 Å². The Morgan fingerprint density at radius 3 is 2.78 bits per heavy atom. The van der Waals surface area contributed by atoms with Gasteiger partial charge in [0.2, 0.25) is 5.91 Å². The molecule has 96 valence electrons. The van der Waals surface area contributed by atoms with E-state index in [1.807, 2.05) is 0 Å². The fraction of sp³-hybridized carbons (Fsp3) is 0.500. The van der Waals surface area contributed by atoms with Gasteiger partial charge >= 0.3 is 0 Å². The highest BCUT2D eigenvalue weighted by Gasteiger charge is 2.22. The molecule has 1 heterocycles. The number of nitrogens with one attached hydrogen (secondary N) is 1. The van der Waals surface area contributed by atoms with Crippen molar-refractivity contribution in [1.82, 2.24) is 0 Å². The summed E-state index contributed by atoms with van der Waals surface area (Å²) in [5, 5.41) is 12.5. The molecule has 1 aromatic carbocycles. The maximum Gasteiger partial charge on any atom is 0.234 e. The van der Waals surface area contributed by atoms with Gasteiger partial charge in [-0.3, -0.25) is 4.79 Å². The molecule has 1 aromatic rings. The Labute approximate surface area is 111 Å². The number of aliphatic hydroxyl groups is 1. The van der Waals surface area contributed by atoms with E-state index >= 15 is 0 Å². The first kappa shape index (κ1) is 12.1. The molecule has 0 saturated heterocycles. The second kappa shape index (κ2) is 4.94. The van der Waals surface area contributed by atoms with E-state index in [-0.39, 0.29) is 12.0 Å². The Morgan fingerprint density at radius 2 is 2.00 bits per heavy atom. The van der Waals surface area contributed by atoms with E-state index < -0.39 is 0 Å². The van der Waals surface area contributed by atoms with Crippen LogP contribution in [-0.4, -0.2) is 22.9 Å². The monoisotopic (exact) mass is 263 g/mol. The molecule has 3 rings (SSSR count). The number of benzene rings is 1. The lowest BCUT2D eigenvalue weighted by Crippen LogP contribution is -2.20. The van der Waals surface area contributed by atoms with E-state index in [1.54, 1.807) is 11.8 Å². The Kier molecular flexibility index (Phi) is 3.31. The number of carbonyl (C=O) groups is 1. The Hall–Kier alpha value is -1.00. The fourth-order valence-corrected chi connectivity index (χ4v) is 3.55. The third-order valence-corrected chi connectivity index (χ3v) is 4.88. The summed E-state index contributed by atoms with van der Waals surface area (Å²) in [5.41, 5.74) is 2.25. The number of rotatable bonds is 1. The number of hydrogen-bond donors (Lipinski definition) is 2. The molecular weight excluding hydrogens is 246 g/mol. The lowest BCUT2D eigenvalue weighted by atomic mass is 9.83. The maximum absolute atomic E-state index is 11.4. The summed E-state index contributed by atoms with van der Waals surface area (Å²) >= 11 is 1.60. The summed E-state index contributed by atoms with van der Waals surface area (Å²) < 4.78 is 0. The van der Waals surface area contributed by atoms with Crippen LogP contribution in [0.2, 0.25) is 0 Å². The van der Waals surface area contributed by atoms with Crippen molar-refractivity contribution < 1.29 is 9.90 Å². The van der Waals surface area contributed by atoms with Gasteiger partial charge in [-0.05, 0) is 49.3 Å². The lowest BCUT2D eigenvalue weighted by molar-refractivity contribution is -0.113. The molecule has 2 aliphatic rings. The molecule has 0 aromatic heterocycles. The van der Waals surface area contributed by atoms with Crippen LogP contribution in [0.3, 0.4) is 0 Å². The number of hydrogen-bond acceptors (Lipinski definition) is 3. The lowest BCUT2D eigenvalue weighted by Gasteiger charge is -2.27. The minimum absolute atomic E-state index is 0.0868. The summed E-state index contributed by atoms with van der Waals surface area (Å²) in [6.07, 6.45) is 3.75. The zero-order valence-electron chi connectivity index (χ0n) is 10.2. The van der Waals surface area contributed by atoms with Gasteiger partial charge in [0.05, 0.1) is 17.5 Å². The average molecular weight is 263 g/mol. The third-order valence-electron chi connectivity index (χ3n) is 3.80. The van der Waals surface area contributed by atoms with Crippen LogP contribution >= 0.6 is 11.8 Å². The summed E-state index contributed by atoms with van der Waals surface area (Å²) in [6, 6.07) is 6.40. The van der Waals surface area contributed by atoms with E-state index in [4.69, 9.17) is 0 Å². The van der Waals surface area contributed by atoms with Crippen molar-refractivity contribution in [3.05, 3.63) is 23.8 Å². The van der Waals surface area contributed by atoms with Gasteiger partial charge < -0.3 is 10.4 Å². The van der Waals surface area contributed by atoms with Gasteiger partial charge in [0.15, 0.2) is 0 Å².